The molecule has 1 unspecified atom stereocenters. The Morgan fingerprint density at radius 1 is 0.967 bits per heavy atom. The molecule has 30 heavy (non-hydrogen) atoms. The lowest BCUT2D eigenvalue weighted by molar-refractivity contribution is -0.145. The molecule has 0 saturated carbocycles. The van der Waals surface area contributed by atoms with Gasteiger partial charge in [-0.1, -0.05) is 31.6 Å². The summed E-state index contributed by atoms with van der Waals surface area (Å²) in [5, 5.41) is 0. The molecule has 0 radical (unpaired) electrons. The monoisotopic (exact) mass is 432 g/mol. The highest BCUT2D eigenvalue weighted by molar-refractivity contribution is 5.32. The fourth-order valence-electron chi connectivity index (χ4n) is 3.57. The number of hydrogen-bond acceptors (Lipinski definition) is 1. The number of hydrogen-bond donors (Lipinski definition) is 0. The van der Waals surface area contributed by atoms with Crippen LogP contribution >= 0.6 is 0 Å². The van der Waals surface area contributed by atoms with E-state index in [-0.39, 0.29) is 30.4 Å². The topological polar surface area (TPSA) is 9.23 Å². The van der Waals surface area contributed by atoms with E-state index in [0.29, 0.717) is 25.0 Å². The highest BCUT2D eigenvalue weighted by Gasteiger charge is 2.39. The molecular weight excluding hydrogens is 413 g/mol. The molecule has 0 aromatic heterocycles. The van der Waals surface area contributed by atoms with Gasteiger partial charge in [0.2, 0.25) is 0 Å². The molecule has 0 fully saturated rings. The maximum Gasteiger partial charge on any atom is 0.422 e. The zero-order valence-corrected chi connectivity index (χ0v) is 16.1. The van der Waals surface area contributed by atoms with Gasteiger partial charge < -0.3 is 4.74 Å². The van der Waals surface area contributed by atoms with Crippen molar-refractivity contribution in [3.63, 3.8) is 0 Å². The van der Waals surface area contributed by atoms with Crippen LogP contribution in [0.5, 0.6) is 5.75 Å². The SMILES string of the molecule is CCCc1ccc(C2CC=C(C(F)(F)Oc3cc(F)c(F)c(F)c3)CC2)c(F)c1F. The highest BCUT2D eigenvalue weighted by Crippen LogP contribution is 2.40. The quantitative estimate of drug-likeness (QED) is 0.266. The molecule has 1 aliphatic rings. The first-order valence-electron chi connectivity index (χ1n) is 9.51. The van der Waals surface area contributed by atoms with Crippen molar-refractivity contribution in [2.45, 2.75) is 51.1 Å². The summed E-state index contributed by atoms with van der Waals surface area (Å²) in [6.07, 6.45) is -1.75. The summed E-state index contributed by atoms with van der Waals surface area (Å²) in [6.45, 7) is 1.84. The van der Waals surface area contributed by atoms with Crippen LogP contribution in [0.2, 0.25) is 0 Å². The van der Waals surface area contributed by atoms with E-state index in [1.165, 1.54) is 12.1 Å². The average molecular weight is 432 g/mol. The molecule has 0 amide bonds. The molecule has 2 aromatic carbocycles. The number of aryl methyl sites for hydroxylation is 1. The molecule has 2 aromatic rings. The Morgan fingerprint density at radius 2 is 1.63 bits per heavy atom. The minimum atomic E-state index is -3.89. The molecule has 0 aliphatic heterocycles. The number of allylic oxidation sites excluding steroid dienone is 1. The Kier molecular flexibility index (Phi) is 6.43. The summed E-state index contributed by atoms with van der Waals surface area (Å²) in [6, 6.07) is 3.64. The Hall–Kier alpha value is -2.51. The second-order valence-electron chi connectivity index (χ2n) is 7.21. The van der Waals surface area contributed by atoms with Gasteiger partial charge in [-0.25, -0.2) is 22.0 Å². The molecule has 0 heterocycles. The minimum Gasteiger partial charge on any atom is -0.429 e. The van der Waals surface area contributed by atoms with Crippen LogP contribution < -0.4 is 4.74 Å². The molecular formula is C22H19F7O. The largest absolute Gasteiger partial charge is 0.429 e. The van der Waals surface area contributed by atoms with E-state index >= 15 is 0 Å². The Balaban J connectivity index is 1.76. The van der Waals surface area contributed by atoms with E-state index in [9.17, 15) is 30.7 Å². The van der Waals surface area contributed by atoms with E-state index in [0.717, 1.165) is 6.08 Å². The molecule has 0 spiro atoms. The highest BCUT2D eigenvalue weighted by atomic mass is 19.3. The van der Waals surface area contributed by atoms with Crippen molar-refractivity contribution in [2.24, 2.45) is 0 Å². The van der Waals surface area contributed by atoms with Gasteiger partial charge in [0, 0.05) is 17.7 Å². The van der Waals surface area contributed by atoms with Gasteiger partial charge in [-0.2, -0.15) is 8.78 Å². The van der Waals surface area contributed by atoms with Gasteiger partial charge in [0.05, 0.1) is 0 Å². The van der Waals surface area contributed by atoms with Crippen LogP contribution in [-0.2, 0) is 6.42 Å². The Morgan fingerprint density at radius 3 is 2.20 bits per heavy atom. The third-order valence-corrected chi connectivity index (χ3v) is 5.14. The minimum absolute atomic E-state index is 0.0178. The molecule has 0 N–H and O–H groups in total. The lowest BCUT2D eigenvalue weighted by atomic mass is 9.83. The molecule has 162 valence electrons. The van der Waals surface area contributed by atoms with Crippen molar-refractivity contribution in [1.29, 1.82) is 0 Å². The van der Waals surface area contributed by atoms with Gasteiger partial charge in [-0.05, 0) is 42.7 Å². The maximum atomic E-state index is 14.4. The molecule has 1 aliphatic carbocycles. The first-order valence-corrected chi connectivity index (χ1v) is 9.51. The van der Waals surface area contributed by atoms with Crippen LogP contribution in [0.4, 0.5) is 30.7 Å². The van der Waals surface area contributed by atoms with Crippen LogP contribution in [0.3, 0.4) is 0 Å². The lowest BCUT2D eigenvalue weighted by Crippen LogP contribution is -2.29. The van der Waals surface area contributed by atoms with Crippen LogP contribution in [0.25, 0.3) is 0 Å². The average Bonchev–Trinajstić information content (AvgIpc) is 2.70. The normalized spacial score (nSPS) is 17.1. The summed E-state index contributed by atoms with van der Waals surface area (Å²) in [5.41, 5.74) is -0.0635. The van der Waals surface area contributed by atoms with Crippen molar-refractivity contribution in [2.75, 3.05) is 0 Å². The van der Waals surface area contributed by atoms with Gasteiger partial charge in [0.15, 0.2) is 29.1 Å². The molecule has 8 heteroatoms. The van der Waals surface area contributed by atoms with Crippen molar-refractivity contribution >= 4 is 0 Å². The first-order chi connectivity index (χ1) is 14.1. The molecule has 3 rings (SSSR count). The van der Waals surface area contributed by atoms with E-state index < -0.39 is 52.4 Å². The summed E-state index contributed by atoms with van der Waals surface area (Å²) in [5.74, 6) is -8.33. The van der Waals surface area contributed by atoms with E-state index in [4.69, 9.17) is 0 Å². The fourth-order valence-corrected chi connectivity index (χ4v) is 3.57. The van der Waals surface area contributed by atoms with E-state index in [2.05, 4.69) is 4.74 Å². The third-order valence-electron chi connectivity index (χ3n) is 5.14. The van der Waals surface area contributed by atoms with Gasteiger partial charge in [0.1, 0.15) is 5.75 Å². The smallest absolute Gasteiger partial charge is 0.422 e. The summed E-state index contributed by atoms with van der Waals surface area (Å²) >= 11 is 0. The first kappa shape index (κ1) is 22.2. The van der Waals surface area contributed by atoms with Gasteiger partial charge >= 0.3 is 6.11 Å². The Labute approximate surface area is 169 Å². The van der Waals surface area contributed by atoms with Crippen molar-refractivity contribution in [3.8, 4) is 5.75 Å². The third kappa shape index (κ3) is 4.47. The number of rotatable bonds is 6. The molecule has 0 saturated heterocycles. The van der Waals surface area contributed by atoms with Crippen molar-refractivity contribution in [3.05, 3.63) is 76.1 Å². The lowest BCUT2D eigenvalue weighted by Gasteiger charge is -2.27. The number of ether oxygens (including phenoxy) is 1. The van der Waals surface area contributed by atoms with Gasteiger partial charge in [0.25, 0.3) is 0 Å². The van der Waals surface area contributed by atoms with Crippen molar-refractivity contribution < 1.29 is 35.5 Å². The molecule has 1 nitrogen and oxygen atoms in total. The number of halogens is 7. The Bertz CT molecular complexity index is 945. The number of benzene rings is 2. The molecule has 0 bridgehead atoms. The van der Waals surface area contributed by atoms with Crippen LogP contribution in [0, 0.1) is 29.1 Å². The van der Waals surface area contributed by atoms with Gasteiger partial charge in [-0.3, -0.25) is 0 Å². The van der Waals surface area contributed by atoms with E-state index in [1.54, 1.807) is 0 Å². The predicted molar refractivity (Wildman–Crippen MR) is 96.9 cm³/mol. The van der Waals surface area contributed by atoms with Crippen molar-refractivity contribution in [1.82, 2.24) is 0 Å². The predicted octanol–water partition coefficient (Wildman–Crippen LogP) is 7.20. The molecule has 1 atom stereocenters. The second-order valence-corrected chi connectivity index (χ2v) is 7.21. The fraction of sp³-hybridized carbons (Fsp3) is 0.364. The summed E-state index contributed by atoms with van der Waals surface area (Å²) in [4.78, 5) is 0. The summed E-state index contributed by atoms with van der Waals surface area (Å²) in [7, 11) is 0. The zero-order valence-electron chi connectivity index (χ0n) is 16.1. The standard InChI is InChI=1S/C22H19F7O/c1-2-3-13-6-9-16(20(26)19(13)25)12-4-7-14(8-5-12)22(28,29)30-15-10-17(23)21(27)18(24)11-15/h6-7,9-12H,2-5,8H2,1H3. The maximum absolute atomic E-state index is 14.4. The van der Waals surface area contributed by atoms with Crippen LogP contribution in [0.15, 0.2) is 35.9 Å². The zero-order chi connectivity index (χ0) is 22.1. The van der Waals surface area contributed by atoms with Gasteiger partial charge in [-0.15, -0.1) is 0 Å². The summed E-state index contributed by atoms with van der Waals surface area (Å²) < 4.78 is 101. The van der Waals surface area contributed by atoms with Crippen LogP contribution in [-0.4, -0.2) is 6.11 Å². The van der Waals surface area contributed by atoms with Crippen LogP contribution in [0.1, 0.15) is 49.7 Å². The second kappa shape index (κ2) is 8.70. The van der Waals surface area contributed by atoms with E-state index in [1.807, 2.05) is 6.92 Å². The number of alkyl halides is 2.